The number of aliphatic hydroxyl groups is 1. The standard InChI is InChI=1S/C76H148O17P2/c1-66(2)52-44-36-28-21-16-12-9-10-14-18-24-33-42-50-58-75(80)92-71(62-86-73(78)56-48-40-32-26-20-23-30-38-46-54-68(5)6)64-90-94(82,83)88-60-70(77)61-89-95(84,85)91-65-72(63-87-74(79)57-49-41-35-27-31-39-47-55-69(7)8)93-76(81)59-51-43-34-25-19-15-11-13-17-22-29-37-45-53-67(3)4/h66-72,77H,9-65H2,1-8H3,(H,82,83)(H,84,85)/t70?,71-,72-/m1/s1. The average molecular weight is 1400 g/mol. The highest BCUT2D eigenvalue weighted by molar-refractivity contribution is 7.47. The minimum absolute atomic E-state index is 0.106. The number of phosphoric ester groups is 2. The van der Waals surface area contributed by atoms with Crippen molar-refractivity contribution in [3.63, 3.8) is 0 Å². The molecule has 3 N–H and O–H groups in total. The molecule has 0 spiro atoms. The van der Waals surface area contributed by atoms with Crippen LogP contribution in [0, 0.1) is 23.7 Å². The first-order chi connectivity index (χ1) is 45.6. The topological polar surface area (TPSA) is 237 Å². The number of rotatable bonds is 73. The zero-order valence-electron chi connectivity index (χ0n) is 62.3. The van der Waals surface area contributed by atoms with Gasteiger partial charge in [-0.25, -0.2) is 9.13 Å². The third-order valence-corrected chi connectivity index (χ3v) is 19.5. The zero-order chi connectivity index (χ0) is 70.3. The summed E-state index contributed by atoms with van der Waals surface area (Å²) in [6.07, 6.45) is 50.0. The van der Waals surface area contributed by atoms with Crippen LogP contribution in [0.2, 0.25) is 0 Å². The van der Waals surface area contributed by atoms with Gasteiger partial charge in [-0.05, 0) is 49.4 Å². The molecule has 0 saturated heterocycles. The van der Waals surface area contributed by atoms with Crippen molar-refractivity contribution < 1.29 is 80.2 Å². The predicted molar refractivity (Wildman–Crippen MR) is 386 cm³/mol. The van der Waals surface area contributed by atoms with Crippen molar-refractivity contribution in [2.75, 3.05) is 39.6 Å². The fourth-order valence-electron chi connectivity index (χ4n) is 11.6. The average Bonchev–Trinajstić information content (AvgIpc) is 3.68. The van der Waals surface area contributed by atoms with E-state index in [2.05, 4.69) is 55.4 Å². The van der Waals surface area contributed by atoms with E-state index in [9.17, 15) is 43.2 Å². The van der Waals surface area contributed by atoms with Crippen molar-refractivity contribution in [2.24, 2.45) is 23.7 Å². The van der Waals surface area contributed by atoms with Gasteiger partial charge in [0.05, 0.1) is 26.4 Å². The van der Waals surface area contributed by atoms with Crippen LogP contribution in [0.15, 0.2) is 0 Å². The molecule has 3 unspecified atom stereocenters. The summed E-state index contributed by atoms with van der Waals surface area (Å²) in [5, 5.41) is 10.6. The number of hydrogen-bond donors (Lipinski definition) is 3. The van der Waals surface area contributed by atoms with Crippen molar-refractivity contribution in [1.82, 2.24) is 0 Å². The third kappa shape index (κ3) is 70.3. The first-order valence-electron chi connectivity index (χ1n) is 39.2. The molecule has 0 saturated carbocycles. The van der Waals surface area contributed by atoms with Crippen LogP contribution in [0.3, 0.4) is 0 Å². The molecule has 0 aliphatic heterocycles. The molecular formula is C76H148O17P2. The van der Waals surface area contributed by atoms with E-state index in [0.717, 1.165) is 114 Å². The van der Waals surface area contributed by atoms with Crippen LogP contribution in [0.5, 0.6) is 0 Å². The number of hydrogen-bond acceptors (Lipinski definition) is 15. The monoisotopic (exact) mass is 1400 g/mol. The molecule has 17 nitrogen and oxygen atoms in total. The smallest absolute Gasteiger partial charge is 0.462 e. The lowest BCUT2D eigenvalue weighted by Crippen LogP contribution is -2.30. The molecule has 0 fully saturated rings. The zero-order valence-corrected chi connectivity index (χ0v) is 64.1. The van der Waals surface area contributed by atoms with E-state index in [0.29, 0.717) is 31.6 Å². The van der Waals surface area contributed by atoms with Gasteiger partial charge >= 0.3 is 39.5 Å². The quantitative estimate of drug-likeness (QED) is 0.0222. The van der Waals surface area contributed by atoms with E-state index >= 15 is 0 Å². The second-order valence-corrected chi connectivity index (χ2v) is 32.2. The Bertz CT molecular complexity index is 1870. The second kappa shape index (κ2) is 65.4. The normalized spacial score (nSPS) is 14.1. The van der Waals surface area contributed by atoms with E-state index in [-0.39, 0.29) is 25.7 Å². The Morgan fingerprint density at radius 1 is 0.263 bits per heavy atom. The molecule has 0 heterocycles. The van der Waals surface area contributed by atoms with Crippen molar-refractivity contribution in [2.45, 2.75) is 401 Å². The van der Waals surface area contributed by atoms with Crippen molar-refractivity contribution in [3.05, 3.63) is 0 Å². The molecule has 5 atom stereocenters. The molecule has 0 aliphatic carbocycles. The Morgan fingerprint density at radius 2 is 0.442 bits per heavy atom. The first kappa shape index (κ1) is 93.1. The van der Waals surface area contributed by atoms with Crippen LogP contribution < -0.4 is 0 Å². The van der Waals surface area contributed by atoms with Gasteiger partial charge in [0, 0.05) is 25.7 Å². The van der Waals surface area contributed by atoms with Gasteiger partial charge in [-0.1, -0.05) is 331 Å². The summed E-state index contributed by atoms with van der Waals surface area (Å²) in [5.74, 6) is 0.909. The molecule has 0 aliphatic rings. The Balaban J connectivity index is 5.24. The molecule has 564 valence electrons. The van der Waals surface area contributed by atoms with Gasteiger partial charge in [0.15, 0.2) is 12.2 Å². The molecule has 0 bridgehead atoms. The maximum atomic E-state index is 13.1. The maximum absolute atomic E-state index is 13.1. The largest absolute Gasteiger partial charge is 0.472 e. The minimum atomic E-state index is -4.96. The third-order valence-electron chi connectivity index (χ3n) is 17.6. The van der Waals surface area contributed by atoms with E-state index in [1.807, 2.05) is 0 Å². The lowest BCUT2D eigenvalue weighted by molar-refractivity contribution is -0.161. The molecule has 0 rings (SSSR count). The van der Waals surface area contributed by atoms with Crippen LogP contribution in [-0.2, 0) is 65.4 Å². The summed E-state index contributed by atoms with van der Waals surface area (Å²) in [6.45, 7) is 14.2. The Labute approximate surface area is 581 Å². The number of esters is 4. The number of aliphatic hydroxyl groups excluding tert-OH is 1. The first-order valence-corrected chi connectivity index (χ1v) is 42.2. The maximum Gasteiger partial charge on any atom is 0.472 e. The van der Waals surface area contributed by atoms with E-state index in [4.69, 9.17) is 37.0 Å². The Kier molecular flexibility index (Phi) is 64.0. The molecule has 0 amide bonds. The van der Waals surface area contributed by atoms with Crippen LogP contribution in [-0.4, -0.2) is 96.7 Å². The van der Waals surface area contributed by atoms with Gasteiger partial charge in [-0.15, -0.1) is 0 Å². The van der Waals surface area contributed by atoms with Crippen LogP contribution >= 0.6 is 15.6 Å². The molecule has 95 heavy (non-hydrogen) atoms. The summed E-state index contributed by atoms with van der Waals surface area (Å²) in [7, 11) is -9.91. The minimum Gasteiger partial charge on any atom is -0.462 e. The summed E-state index contributed by atoms with van der Waals surface area (Å²) in [4.78, 5) is 72.8. The number of carbonyl (C=O) groups is 4. The van der Waals surface area contributed by atoms with Crippen molar-refractivity contribution >= 4 is 39.5 Å². The highest BCUT2D eigenvalue weighted by atomic mass is 31.2. The molecule has 0 aromatic rings. The van der Waals surface area contributed by atoms with Crippen LogP contribution in [0.1, 0.15) is 383 Å². The SMILES string of the molecule is CC(C)CCCCCCCCCCCCCCCCC(=O)O[C@H](COC(=O)CCCCCCCCCCCC(C)C)COP(=O)(O)OCC(O)COP(=O)(O)OC[C@@H](COC(=O)CCCCCCCCCC(C)C)OC(=O)CCCCCCCCCCCCCCCC(C)C. The summed E-state index contributed by atoms with van der Waals surface area (Å²) in [6, 6.07) is 0. The fourth-order valence-corrected chi connectivity index (χ4v) is 13.1. The second-order valence-electron chi connectivity index (χ2n) is 29.3. The molecule has 0 aromatic carbocycles. The van der Waals surface area contributed by atoms with Crippen molar-refractivity contribution in [3.8, 4) is 0 Å². The summed E-state index contributed by atoms with van der Waals surface area (Å²) in [5.41, 5.74) is 0. The van der Waals surface area contributed by atoms with Crippen LogP contribution in [0.25, 0.3) is 0 Å². The number of unbranched alkanes of at least 4 members (excludes halogenated alkanes) is 39. The van der Waals surface area contributed by atoms with Crippen LogP contribution in [0.4, 0.5) is 0 Å². The summed E-state index contributed by atoms with van der Waals surface area (Å²) >= 11 is 0. The van der Waals surface area contributed by atoms with E-state index in [1.165, 1.54) is 180 Å². The number of phosphoric acid groups is 2. The highest BCUT2D eigenvalue weighted by Gasteiger charge is 2.30. The molecule has 19 heteroatoms. The Morgan fingerprint density at radius 3 is 0.653 bits per heavy atom. The van der Waals surface area contributed by atoms with Crippen molar-refractivity contribution in [1.29, 1.82) is 0 Å². The molecular weight excluding hydrogens is 1250 g/mol. The van der Waals surface area contributed by atoms with Gasteiger partial charge in [0.2, 0.25) is 0 Å². The molecule has 0 aromatic heterocycles. The number of carbonyl (C=O) groups excluding carboxylic acids is 4. The fraction of sp³-hybridized carbons (Fsp3) is 0.947. The van der Waals surface area contributed by atoms with E-state index in [1.54, 1.807) is 0 Å². The lowest BCUT2D eigenvalue weighted by Gasteiger charge is -2.21. The van der Waals surface area contributed by atoms with Gasteiger partial charge in [-0.2, -0.15) is 0 Å². The Hall–Kier alpha value is -1.94. The van der Waals surface area contributed by atoms with E-state index < -0.39 is 97.5 Å². The van der Waals surface area contributed by atoms with Gasteiger partial charge < -0.3 is 33.8 Å². The highest BCUT2D eigenvalue weighted by Crippen LogP contribution is 2.45. The van der Waals surface area contributed by atoms with Gasteiger partial charge in [-0.3, -0.25) is 37.3 Å². The number of ether oxygens (including phenoxy) is 4. The van der Waals surface area contributed by atoms with Gasteiger partial charge in [0.1, 0.15) is 19.3 Å². The lowest BCUT2D eigenvalue weighted by atomic mass is 10.0. The predicted octanol–water partition coefficient (Wildman–Crippen LogP) is 22.0. The van der Waals surface area contributed by atoms with Gasteiger partial charge in [0.25, 0.3) is 0 Å². The summed E-state index contributed by atoms with van der Waals surface area (Å²) < 4.78 is 68.5. The molecule has 0 radical (unpaired) electrons.